The molecular weight excluding hydrogens is 595 g/mol. The zero-order chi connectivity index (χ0) is 33.0. The van der Waals surface area contributed by atoms with E-state index in [0.717, 1.165) is 33.4 Å². The number of aromatic nitrogens is 3. The summed E-state index contributed by atoms with van der Waals surface area (Å²) in [5, 5.41) is 2.47. The van der Waals surface area contributed by atoms with Crippen LogP contribution < -0.4 is 0 Å². The minimum atomic E-state index is -0.122. The van der Waals surface area contributed by atoms with E-state index in [1.54, 1.807) is 0 Å². The fraction of sp³-hybridized carbons (Fsp3) is 0.0652. The van der Waals surface area contributed by atoms with Crippen LogP contribution in [0.2, 0.25) is 0 Å². The van der Waals surface area contributed by atoms with Crippen molar-refractivity contribution in [2.45, 2.75) is 19.3 Å². The highest BCUT2D eigenvalue weighted by Gasteiger charge is 2.37. The number of nitrogens with zero attached hydrogens (tertiary/aromatic N) is 3. The van der Waals surface area contributed by atoms with Gasteiger partial charge in [0.25, 0.3) is 0 Å². The molecule has 0 N–H and O–H groups in total. The van der Waals surface area contributed by atoms with E-state index in [2.05, 4.69) is 172 Å². The van der Waals surface area contributed by atoms with E-state index < -0.39 is 0 Å². The van der Waals surface area contributed by atoms with Gasteiger partial charge >= 0.3 is 0 Å². The Kier molecular flexibility index (Phi) is 6.80. The summed E-state index contributed by atoms with van der Waals surface area (Å²) in [7, 11) is 0. The van der Waals surface area contributed by atoms with Crippen molar-refractivity contribution >= 4 is 10.8 Å². The number of hydrogen-bond donors (Lipinski definition) is 0. The molecule has 0 aliphatic heterocycles. The Balaban J connectivity index is 1.20. The quantitative estimate of drug-likeness (QED) is 0.191. The molecule has 1 aromatic heterocycles. The van der Waals surface area contributed by atoms with Crippen LogP contribution >= 0.6 is 0 Å². The lowest BCUT2D eigenvalue weighted by Crippen LogP contribution is -2.14. The average molecular weight is 628 g/mol. The molecular formula is C46H33N3. The maximum atomic E-state index is 5.20. The minimum absolute atomic E-state index is 0.122. The summed E-state index contributed by atoms with van der Waals surface area (Å²) in [4.78, 5) is 15.5. The Morgan fingerprint density at radius 1 is 0.347 bits per heavy atom. The van der Waals surface area contributed by atoms with Gasteiger partial charge in [-0.15, -0.1) is 0 Å². The smallest absolute Gasteiger partial charge is 0.164 e. The second-order valence-corrected chi connectivity index (χ2v) is 13.3. The third-order valence-corrected chi connectivity index (χ3v) is 9.94. The average Bonchev–Trinajstić information content (AvgIpc) is 3.41. The summed E-state index contributed by atoms with van der Waals surface area (Å²) in [6.45, 7) is 4.61. The molecule has 0 radical (unpaired) electrons. The monoisotopic (exact) mass is 627 g/mol. The van der Waals surface area contributed by atoms with Gasteiger partial charge in [-0.3, -0.25) is 0 Å². The molecule has 0 unspecified atom stereocenters. The summed E-state index contributed by atoms with van der Waals surface area (Å²) in [6.07, 6.45) is 0. The molecule has 1 aliphatic carbocycles. The lowest BCUT2D eigenvalue weighted by molar-refractivity contribution is 0.660. The molecule has 49 heavy (non-hydrogen) atoms. The molecule has 8 aromatic rings. The third kappa shape index (κ3) is 5.03. The zero-order valence-corrected chi connectivity index (χ0v) is 27.4. The molecule has 0 fully saturated rings. The van der Waals surface area contributed by atoms with Gasteiger partial charge in [-0.1, -0.05) is 166 Å². The number of benzene rings is 7. The topological polar surface area (TPSA) is 38.7 Å². The Labute approximate surface area is 286 Å². The predicted octanol–water partition coefficient (Wildman–Crippen LogP) is 11.7. The molecule has 3 heteroatoms. The third-order valence-electron chi connectivity index (χ3n) is 9.94. The van der Waals surface area contributed by atoms with Gasteiger partial charge in [0.05, 0.1) is 0 Å². The molecule has 1 aliphatic rings. The zero-order valence-electron chi connectivity index (χ0n) is 27.4. The Bertz CT molecular complexity index is 2510. The first kappa shape index (κ1) is 29.0. The lowest BCUT2D eigenvalue weighted by Gasteiger charge is -2.21. The minimum Gasteiger partial charge on any atom is -0.208 e. The molecule has 0 amide bonds. The summed E-state index contributed by atoms with van der Waals surface area (Å²) in [6, 6.07) is 57.9. The summed E-state index contributed by atoms with van der Waals surface area (Å²) >= 11 is 0. The Morgan fingerprint density at radius 3 is 1.71 bits per heavy atom. The lowest BCUT2D eigenvalue weighted by atomic mass is 9.82. The fourth-order valence-electron chi connectivity index (χ4n) is 7.34. The van der Waals surface area contributed by atoms with Crippen molar-refractivity contribution < 1.29 is 0 Å². The molecule has 232 valence electrons. The van der Waals surface area contributed by atoms with Crippen LogP contribution in [0.1, 0.15) is 25.0 Å². The van der Waals surface area contributed by atoms with Crippen molar-refractivity contribution in [1.82, 2.24) is 15.0 Å². The Morgan fingerprint density at radius 2 is 0.878 bits per heavy atom. The van der Waals surface area contributed by atoms with Crippen molar-refractivity contribution in [2.75, 3.05) is 0 Å². The van der Waals surface area contributed by atoms with Crippen molar-refractivity contribution in [3.63, 3.8) is 0 Å². The number of fused-ring (bicyclic) bond motifs is 4. The maximum Gasteiger partial charge on any atom is 0.164 e. The first-order valence-corrected chi connectivity index (χ1v) is 16.8. The van der Waals surface area contributed by atoms with Gasteiger partial charge in [0, 0.05) is 22.1 Å². The van der Waals surface area contributed by atoms with E-state index in [1.807, 2.05) is 6.07 Å². The van der Waals surface area contributed by atoms with Gasteiger partial charge in [-0.25, -0.2) is 15.0 Å². The van der Waals surface area contributed by atoms with Crippen molar-refractivity contribution in [2.24, 2.45) is 0 Å². The van der Waals surface area contributed by atoms with Crippen LogP contribution in [0.25, 0.3) is 78.3 Å². The van der Waals surface area contributed by atoms with E-state index >= 15 is 0 Å². The van der Waals surface area contributed by atoms with Crippen LogP contribution in [-0.2, 0) is 5.41 Å². The molecule has 0 spiro atoms. The van der Waals surface area contributed by atoms with Crippen molar-refractivity contribution in [3.8, 4) is 67.5 Å². The molecule has 0 bridgehead atoms. The second kappa shape index (κ2) is 11.5. The second-order valence-electron chi connectivity index (χ2n) is 13.3. The summed E-state index contributed by atoms with van der Waals surface area (Å²) in [5.74, 6) is 1.98. The highest BCUT2D eigenvalue weighted by molar-refractivity contribution is 5.91. The van der Waals surface area contributed by atoms with Gasteiger partial charge in [-0.2, -0.15) is 0 Å². The highest BCUT2D eigenvalue weighted by atomic mass is 15.0. The molecule has 7 aromatic carbocycles. The molecule has 9 rings (SSSR count). The van der Waals surface area contributed by atoms with Crippen molar-refractivity contribution in [1.29, 1.82) is 0 Å². The number of hydrogen-bond acceptors (Lipinski definition) is 3. The maximum absolute atomic E-state index is 5.20. The van der Waals surface area contributed by atoms with Gasteiger partial charge in [0.15, 0.2) is 17.5 Å². The van der Waals surface area contributed by atoms with E-state index in [-0.39, 0.29) is 5.41 Å². The molecule has 0 saturated carbocycles. The van der Waals surface area contributed by atoms with Crippen LogP contribution in [0.3, 0.4) is 0 Å². The van der Waals surface area contributed by atoms with Crippen LogP contribution in [0.5, 0.6) is 0 Å². The first-order valence-electron chi connectivity index (χ1n) is 16.8. The molecule has 1 heterocycles. The summed E-state index contributed by atoms with van der Waals surface area (Å²) < 4.78 is 0. The SMILES string of the molecule is CC1(C)c2ccccc2-c2c(-c3nc(-c4ccc(-c5ccc6ccccc6c5)cc4)nc(-c4cccc(-c5ccccc5)c4)n3)cccc21. The normalized spacial score (nSPS) is 12.9. The highest BCUT2D eigenvalue weighted by Crippen LogP contribution is 2.51. The van der Waals surface area contributed by atoms with Crippen molar-refractivity contribution in [3.05, 3.63) is 175 Å². The van der Waals surface area contributed by atoms with E-state index in [9.17, 15) is 0 Å². The van der Waals surface area contributed by atoms with Crippen LogP contribution in [0.15, 0.2) is 164 Å². The number of rotatable bonds is 5. The molecule has 0 saturated heterocycles. The first-order chi connectivity index (χ1) is 24.0. The fourth-order valence-corrected chi connectivity index (χ4v) is 7.34. The van der Waals surface area contributed by atoms with Gasteiger partial charge < -0.3 is 0 Å². The van der Waals surface area contributed by atoms with Gasteiger partial charge in [-0.05, 0) is 67.4 Å². The molecule has 0 atom stereocenters. The van der Waals surface area contributed by atoms with E-state index in [4.69, 9.17) is 15.0 Å². The van der Waals surface area contributed by atoms with Gasteiger partial charge in [0.1, 0.15) is 0 Å². The van der Waals surface area contributed by atoms with E-state index in [0.29, 0.717) is 17.5 Å². The largest absolute Gasteiger partial charge is 0.208 e. The van der Waals surface area contributed by atoms with Crippen LogP contribution in [0.4, 0.5) is 0 Å². The standard InChI is InChI=1S/C46H33N3/c1-46(2)40-20-9-8-18-38(40)42-39(19-11-21-41(42)46)45-48-43(47-44(49-45)37-17-10-16-35(29-37)30-12-4-3-5-13-30)33-25-22-32(23-26-33)36-27-24-31-14-6-7-15-34(31)28-36/h3-29H,1-2H3. The summed E-state index contributed by atoms with van der Waals surface area (Å²) in [5.41, 5.74) is 12.5. The van der Waals surface area contributed by atoms with Crippen LogP contribution in [-0.4, -0.2) is 15.0 Å². The van der Waals surface area contributed by atoms with Crippen LogP contribution in [0, 0.1) is 0 Å². The van der Waals surface area contributed by atoms with E-state index in [1.165, 1.54) is 38.6 Å². The Hall–Kier alpha value is -6.19. The predicted molar refractivity (Wildman–Crippen MR) is 202 cm³/mol. The molecule has 3 nitrogen and oxygen atoms in total. The van der Waals surface area contributed by atoms with Gasteiger partial charge in [0.2, 0.25) is 0 Å².